The Morgan fingerprint density at radius 1 is 1.15 bits per heavy atom. The van der Waals surface area contributed by atoms with E-state index in [2.05, 4.69) is 21.2 Å². The summed E-state index contributed by atoms with van der Waals surface area (Å²) in [4.78, 5) is 0. The van der Waals surface area contributed by atoms with Crippen LogP contribution in [0, 0.1) is 5.92 Å². The van der Waals surface area contributed by atoms with Crippen LogP contribution in [-0.2, 0) is 0 Å². The molecular formula is C15H20BrNO3. The first-order valence-electron chi connectivity index (χ1n) is 7.23. The Bertz CT molecular complexity index is 474. The lowest BCUT2D eigenvalue weighted by molar-refractivity contribution is 0.0880. The SMILES string of the molecule is OC(c1cc2c(cc1Br)OCCCO2)C1CCNCC1. The average Bonchev–Trinajstić information content (AvgIpc) is 2.71. The molecule has 1 saturated heterocycles. The summed E-state index contributed by atoms with van der Waals surface area (Å²) in [5.41, 5.74) is 0.904. The van der Waals surface area contributed by atoms with Crippen molar-refractivity contribution in [3.05, 3.63) is 22.2 Å². The van der Waals surface area contributed by atoms with E-state index in [0.29, 0.717) is 19.1 Å². The molecule has 2 aliphatic rings. The minimum absolute atomic E-state index is 0.303. The van der Waals surface area contributed by atoms with Gasteiger partial charge in [0.25, 0.3) is 0 Å². The van der Waals surface area contributed by atoms with Crippen LogP contribution in [0.3, 0.4) is 0 Å². The van der Waals surface area contributed by atoms with Crippen LogP contribution in [0.4, 0.5) is 0 Å². The van der Waals surface area contributed by atoms with E-state index in [1.54, 1.807) is 0 Å². The van der Waals surface area contributed by atoms with Gasteiger partial charge in [-0.2, -0.15) is 0 Å². The molecule has 2 heterocycles. The lowest BCUT2D eigenvalue weighted by atomic mass is 9.88. The summed E-state index contributed by atoms with van der Waals surface area (Å²) < 4.78 is 12.3. The molecule has 0 radical (unpaired) electrons. The smallest absolute Gasteiger partial charge is 0.162 e. The monoisotopic (exact) mass is 341 g/mol. The summed E-state index contributed by atoms with van der Waals surface area (Å²) in [6.45, 7) is 3.29. The lowest BCUT2D eigenvalue weighted by Crippen LogP contribution is -2.31. The van der Waals surface area contributed by atoms with E-state index in [1.807, 2.05) is 12.1 Å². The molecular weight excluding hydrogens is 322 g/mol. The van der Waals surface area contributed by atoms with Gasteiger partial charge < -0.3 is 19.9 Å². The first kappa shape index (κ1) is 14.2. The molecule has 2 aliphatic heterocycles. The zero-order valence-electron chi connectivity index (χ0n) is 11.4. The minimum Gasteiger partial charge on any atom is -0.490 e. The number of aliphatic hydroxyl groups is 1. The van der Waals surface area contributed by atoms with E-state index in [1.165, 1.54) is 0 Å². The summed E-state index contributed by atoms with van der Waals surface area (Å²) in [5.74, 6) is 1.81. The van der Waals surface area contributed by atoms with Gasteiger partial charge in [-0.3, -0.25) is 0 Å². The Kier molecular flexibility index (Phi) is 4.48. The van der Waals surface area contributed by atoms with Gasteiger partial charge in [-0.1, -0.05) is 15.9 Å². The zero-order valence-corrected chi connectivity index (χ0v) is 13.0. The number of piperidine rings is 1. The number of halogens is 1. The van der Waals surface area contributed by atoms with Crippen molar-refractivity contribution in [1.82, 2.24) is 5.32 Å². The highest BCUT2D eigenvalue weighted by Crippen LogP contribution is 2.40. The fourth-order valence-corrected chi connectivity index (χ4v) is 3.40. The molecule has 5 heteroatoms. The minimum atomic E-state index is -0.455. The van der Waals surface area contributed by atoms with Crippen LogP contribution in [0.1, 0.15) is 30.9 Å². The number of fused-ring (bicyclic) bond motifs is 1. The van der Waals surface area contributed by atoms with Gasteiger partial charge in [-0.25, -0.2) is 0 Å². The van der Waals surface area contributed by atoms with E-state index in [-0.39, 0.29) is 0 Å². The van der Waals surface area contributed by atoms with Gasteiger partial charge in [0.05, 0.1) is 19.3 Å². The number of aliphatic hydroxyl groups excluding tert-OH is 1. The second-order valence-electron chi connectivity index (χ2n) is 5.40. The molecule has 0 saturated carbocycles. The second-order valence-corrected chi connectivity index (χ2v) is 6.26. The van der Waals surface area contributed by atoms with Crippen molar-refractivity contribution in [2.45, 2.75) is 25.4 Å². The topological polar surface area (TPSA) is 50.7 Å². The third-order valence-electron chi connectivity index (χ3n) is 4.02. The number of ether oxygens (including phenoxy) is 2. The molecule has 3 rings (SSSR count). The van der Waals surface area contributed by atoms with E-state index in [9.17, 15) is 5.11 Å². The molecule has 0 aliphatic carbocycles. The number of hydrogen-bond donors (Lipinski definition) is 2. The maximum atomic E-state index is 10.6. The normalized spacial score (nSPS) is 21.3. The molecule has 0 aromatic heterocycles. The van der Waals surface area contributed by atoms with Crippen LogP contribution in [0.15, 0.2) is 16.6 Å². The zero-order chi connectivity index (χ0) is 13.9. The van der Waals surface area contributed by atoms with Gasteiger partial charge >= 0.3 is 0 Å². The maximum absolute atomic E-state index is 10.6. The highest BCUT2D eigenvalue weighted by atomic mass is 79.9. The van der Waals surface area contributed by atoms with E-state index >= 15 is 0 Å². The standard InChI is InChI=1S/C15H20BrNO3/c16-12-9-14-13(19-6-1-7-20-14)8-11(12)15(18)10-2-4-17-5-3-10/h8-10,15,17-18H,1-7H2. The van der Waals surface area contributed by atoms with Crippen LogP contribution < -0.4 is 14.8 Å². The van der Waals surface area contributed by atoms with Crippen molar-refractivity contribution in [3.63, 3.8) is 0 Å². The fourth-order valence-electron chi connectivity index (χ4n) is 2.84. The summed E-state index contributed by atoms with van der Waals surface area (Å²) in [5, 5.41) is 14.0. The second kappa shape index (κ2) is 6.33. The van der Waals surface area contributed by atoms with Gasteiger partial charge in [0.2, 0.25) is 0 Å². The van der Waals surface area contributed by atoms with Gasteiger partial charge in [0, 0.05) is 10.9 Å². The van der Waals surface area contributed by atoms with Gasteiger partial charge in [0.1, 0.15) is 0 Å². The van der Waals surface area contributed by atoms with Crippen LogP contribution in [0.25, 0.3) is 0 Å². The first-order chi connectivity index (χ1) is 9.75. The van der Waals surface area contributed by atoms with Crippen LogP contribution in [0.2, 0.25) is 0 Å². The third-order valence-corrected chi connectivity index (χ3v) is 4.70. The van der Waals surface area contributed by atoms with Crippen molar-refractivity contribution in [3.8, 4) is 11.5 Å². The Balaban J connectivity index is 1.86. The molecule has 1 fully saturated rings. The van der Waals surface area contributed by atoms with Crippen LogP contribution >= 0.6 is 15.9 Å². The maximum Gasteiger partial charge on any atom is 0.162 e. The lowest BCUT2D eigenvalue weighted by Gasteiger charge is -2.28. The Morgan fingerprint density at radius 2 is 1.80 bits per heavy atom. The molecule has 0 spiro atoms. The quantitative estimate of drug-likeness (QED) is 0.868. The predicted molar refractivity (Wildman–Crippen MR) is 80.3 cm³/mol. The largest absolute Gasteiger partial charge is 0.490 e. The van der Waals surface area contributed by atoms with Gasteiger partial charge in [-0.05, 0) is 49.5 Å². The summed E-state index contributed by atoms with van der Waals surface area (Å²) in [6.07, 6.45) is 2.44. The molecule has 1 unspecified atom stereocenters. The highest BCUT2D eigenvalue weighted by Gasteiger charge is 2.26. The Hall–Kier alpha value is -0.780. The Morgan fingerprint density at radius 3 is 2.50 bits per heavy atom. The number of rotatable bonds is 2. The molecule has 1 aromatic carbocycles. The summed E-state index contributed by atoms with van der Waals surface area (Å²) in [6, 6.07) is 3.84. The fraction of sp³-hybridized carbons (Fsp3) is 0.600. The number of hydrogen-bond acceptors (Lipinski definition) is 4. The number of nitrogens with one attached hydrogen (secondary N) is 1. The van der Waals surface area contributed by atoms with E-state index in [0.717, 1.165) is 53.9 Å². The summed E-state index contributed by atoms with van der Waals surface area (Å²) in [7, 11) is 0. The van der Waals surface area contributed by atoms with Crippen LogP contribution in [-0.4, -0.2) is 31.4 Å². The Labute approximate surface area is 127 Å². The molecule has 2 N–H and O–H groups in total. The number of benzene rings is 1. The van der Waals surface area contributed by atoms with E-state index < -0.39 is 6.10 Å². The van der Waals surface area contributed by atoms with Crippen molar-refractivity contribution in [2.24, 2.45) is 5.92 Å². The molecule has 110 valence electrons. The van der Waals surface area contributed by atoms with Crippen molar-refractivity contribution in [1.29, 1.82) is 0 Å². The molecule has 1 aromatic rings. The molecule has 20 heavy (non-hydrogen) atoms. The first-order valence-corrected chi connectivity index (χ1v) is 8.03. The highest BCUT2D eigenvalue weighted by molar-refractivity contribution is 9.10. The van der Waals surface area contributed by atoms with Crippen molar-refractivity contribution < 1.29 is 14.6 Å². The average molecular weight is 342 g/mol. The molecule has 1 atom stereocenters. The predicted octanol–water partition coefficient (Wildman–Crippen LogP) is 2.64. The van der Waals surface area contributed by atoms with E-state index in [4.69, 9.17) is 9.47 Å². The van der Waals surface area contributed by atoms with Crippen molar-refractivity contribution >= 4 is 15.9 Å². The third kappa shape index (κ3) is 2.95. The van der Waals surface area contributed by atoms with Gasteiger partial charge in [0.15, 0.2) is 11.5 Å². The summed E-state index contributed by atoms with van der Waals surface area (Å²) >= 11 is 3.56. The van der Waals surface area contributed by atoms with Crippen LogP contribution in [0.5, 0.6) is 11.5 Å². The van der Waals surface area contributed by atoms with Gasteiger partial charge in [-0.15, -0.1) is 0 Å². The molecule has 4 nitrogen and oxygen atoms in total. The molecule has 0 bridgehead atoms. The molecule has 0 amide bonds. The van der Waals surface area contributed by atoms with Crippen molar-refractivity contribution in [2.75, 3.05) is 26.3 Å².